The molecule has 0 amide bonds. The largest absolute Gasteiger partial charge is 0.507 e. The van der Waals surface area contributed by atoms with E-state index in [2.05, 4.69) is 372 Å². The first-order valence-electron chi connectivity index (χ1n) is 49.2. The van der Waals surface area contributed by atoms with E-state index in [1.807, 2.05) is 122 Å². The van der Waals surface area contributed by atoms with Crippen molar-refractivity contribution in [2.75, 3.05) is 22.9 Å². The topological polar surface area (TPSA) is 162 Å². The molecule has 5 N–H and O–H groups in total. The van der Waals surface area contributed by atoms with Crippen LogP contribution in [-0.4, -0.2) is 63.6 Å². The molecule has 0 aliphatic carbocycles. The Labute approximate surface area is 841 Å². The molecule has 0 saturated carbocycles. The van der Waals surface area contributed by atoms with Crippen LogP contribution in [0.4, 0.5) is 28.4 Å². The first-order chi connectivity index (χ1) is 65.2. The minimum Gasteiger partial charge on any atom is -0.507 e. The van der Waals surface area contributed by atoms with Crippen LogP contribution in [0.3, 0.4) is 0 Å². The summed E-state index contributed by atoms with van der Waals surface area (Å²) in [6.45, 7) is 65.8. The fourth-order valence-corrected chi connectivity index (χ4v) is 19.2. The van der Waals surface area contributed by atoms with Gasteiger partial charge in [-0.05, 0) is 228 Å². The van der Waals surface area contributed by atoms with Gasteiger partial charge in [-0.25, -0.2) is 0 Å². The summed E-state index contributed by atoms with van der Waals surface area (Å²) in [5.74, 6) is 1.70. The number of phenolic OH excluding ortho intramolecular Hbond substituents is 5. The second-order valence-corrected chi connectivity index (χ2v) is 47.2. The van der Waals surface area contributed by atoms with Gasteiger partial charge in [0.05, 0.1) is 17.1 Å². The molecule has 0 radical (unpaired) electrons. The van der Waals surface area contributed by atoms with Crippen molar-refractivity contribution in [1.82, 2.24) is 0 Å². The highest BCUT2D eigenvalue weighted by molar-refractivity contribution is 7.80. The van der Waals surface area contributed by atoms with Gasteiger partial charge >= 0.3 is 0 Å². The molecule has 0 bridgehead atoms. The number of aldehydes is 1. The highest BCUT2D eigenvalue weighted by Crippen LogP contribution is 2.46. The van der Waals surface area contributed by atoms with E-state index < -0.39 is 7.92 Å². The average molecular weight is 1890 g/mol. The van der Waals surface area contributed by atoms with Crippen LogP contribution in [0.15, 0.2) is 294 Å². The summed E-state index contributed by atoms with van der Waals surface area (Å²) >= 11 is 0. The molecule has 14 rings (SSSR count). The smallest absolute Gasteiger partial charge is 0.152 e. The molecule has 14 aromatic rings. The zero-order valence-electron chi connectivity index (χ0n) is 88.4. The van der Waals surface area contributed by atoms with Crippen molar-refractivity contribution >= 4 is 98.7 Å². The third kappa shape index (κ3) is 29.2. The van der Waals surface area contributed by atoms with Crippen LogP contribution >= 0.6 is 7.92 Å². The normalized spacial score (nSPS) is 12.2. The van der Waals surface area contributed by atoms with E-state index in [9.17, 15) is 30.3 Å². The van der Waals surface area contributed by atoms with Crippen molar-refractivity contribution in [2.45, 2.75) is 277 Å². The Hall–Kier alpha value is -12.7. The molecule has 0 aliphatic heterocycles. The van der Waals surface area contributed by atoms with Crippen molar-refractivity contribution in [3.8, 4) is 28.7 Å². The lowest BCUT2D eigenvalue weighted by atomic mass is 9.79. The van der Waals surface area contributed by atoms with Gasteiger partial charge in [0, 0.05) is 111 Å². The Balaban J connectivity index is 0.000000196. The Morgan fingerprint density at radius 1 is 0.307 bits per heavy atom. The Morgan fingerprint density at radius 3 is 1.11 bits per heavy atom. The zero-order valence-corrected chi connectivity index (χ0v) is 89.3. The molecular formula is C128H158N5O6P. The summed E-state index contributed by atoms with van der Waals surface area (Å²) in [6.07, 6.45) is 8.30. The Kier molecular flexibility index (Phi) is 37.3. The van der Waals surface area contributed by atoms with Gasteiger partial charge in [0.1, 0.15) is 28.7 Å². The SMILES string of the molecule is C.CCCN(Cc1cc(C(C)(C)C)cc(C(C)(C)C)c1O)c1ccccc1C.CCCN(Cc1cc(C(C)(C)C)cc(C(C)(C)C)c1O)c1ccccc1C=O.Cc1ccc2ccccc2c1N=Cc1cc(C(C)(C)C)cc(C(C)(C)C)c1O.Cc1ccccc1N=Cc1cc(C(C)(C)C)cc(C(C)(C)C)c1O.Oc1cc2ccccc2cc1C=Nc1ccccc1P(c1ccccc1)c1ccccc1. The summed E-state index contributed by atoms with van der Waals surface area (Å²) in [6, 6.07) is 95.0. The molecule has 0 atom stereocenters. The van der Waals surface area contributed by atoms with Crippen LogP contribution in [0.1, 0.15) is 300 Å². The first kappa shape index (κ1) is 111. The molecule has 12 heteroatoms. The highest BCUT2D eigenvalue weighted by atomic mass is 31.1. The number of rotatable bonds is 20. The lowest BCUT2D eigenvalue weighted by Gasteiger charge is -2.31. The molecule has 140 heavy (non-hydrogen) atoms. The number of nitrogens with zero attached hydrogens (tertiary/aromatic N) is 5. The number of fused-ring (bicyclic) bond motifs is 2. The van der Waals surface area contributed by atoms with Gasteiger partial charge in [-0.1, -0.05) is 400 Å². The third-order valence-corrected chi connectivity index (χ3v) is 27.7. The maximum absolute atomic E-state index is 11.6. The predicted molar refractivity (Wildman–Crippen MR) is 607 cm³/mol. The number of aryl methyl sites for hydroxylation is 3. The summed E-state index contributed by atoms with van der Waals surface area (Å²) < 4.78 is 0. The van der Waals surface area contributed by atoms with Crippen LogP contribution in [-0.2, 0) is 56.4 Å². The van der Waals surface area contributed by atoms with Crippen LogP contribution in [0.2, 0.25) is 0 Å². The second-order valence-electron chi connectivity index (χ2n) is 45.1. The number of carbonyl (C=O) groups excluding carboxylic acids is 1. The van der Waals surface area contributed by atoms with Crippen LogP contribution in [0.25, 0.3) is 21.5 Å². The van der Waals surface area contributed by atoms with Gasteiger partial charge in [0.25, 0.3) is 0 Å². The van der Waals surface area contributed by atoms with E-state index in [0.29, 0.717) is 40.7 Å². The van der Waals surface area contributed by atoms with Crippen LogP contribution in [0, 0.1) is 20.8 Å². The van der Waals surface area contributed by atoms with E-state index in [-0.39, 0.29) is 56.5 Å². The van der Waals surface area contributed by atoms with E-state index in [0.717, 1.165) is 133 Å². The van der Waals surface area contributed by atoms with Gasteiger partial charge in [0.2, 0.25) is 0 Å². The first-order valence-corrected chi connectivity index (χ1v) is 50.5. The van der Waals surface area contributed by atoms with E-state index in [4.69, 9.17) is 9.98 Å². The fourth-order valence-electron chi connectivity index (χ4n) is 16.8. The minimum atomic E-state index is -0.759. The lowest BCUT2D eigenvalue weighted by molar-refractivity contribution is 0.112. The molecule has 0 fully saturated rings. The molecule has 0 heterocycles. The van der Waals surface area contributed by atoms with Crippen molar-refractivity contribution < 1.29 is 30.3 Å². The standard InChI is InChI=1S/C29H22NOP.C26H31NO.C25H35NO2.C25H37NO.C22H29NO.CH4/c31-28-20-23-12-8-7-11-22(23)19-24(28)21-30-27-17-9-10-18-29(27)32(25-13-3-1-4-14-25)26-15-5-2-6-16-26;1-17-12-13-18-10-8-9-11-21(18)23(17)27-16-19-14-20(25(2,3)4)15-22(24(19)28)26(5,6)7;1-8-13-26(22-12-10-9-11-18(22)17-27)16-19-14-20(24(2,3)4)15-21(23(19)28)25(5,6)7;1-9-14-26(22-13-11-10-12-18(22)2)17-19-15-20(24(3,4)5)16-21(23(19)27)25(6,7)8;1-15-10-8-9-11-19(15)23-14-16-12-17(21(2,3)4)13-18(20(16)24)22(5,6)7;/h1-21,31H;8-16,28H,1-7H3;9-12,14-15,17,28H,8,13,16H2,1-7H3;10-13,15-16,27H,9,14,17H2,1-8H3;8-14,24H,1-7H3;1H4. The number of aliphatic imine (C=N–C) groups is 3. The quantitative estimate of drug-likeness (QED) is 0.0286. The number of carbonyl (C=O) groups is 1. The number of hydrogen-bond acceptors (Lipinski definition) is 11. The number of phenols is 5. The van der Waals surface area contributed by atoms with E-state index in [1.165, 1.54) is 54.8 Å². The molecule has 11 nitrogen and oxygen atoms in total. The third-order valence-electron chi connectivity index (χ3n) is 25.2. The lowest BCUT2D eigenvalue weighted by Crippen LogP contribution is -2.26. The van der Waals surface area contributed by atoms with E-state index in [1.54, 1.807) is 18.5 Å². The highest BCUT2D eigenvalue weighted by Gasteiger charge is 2.32. The Morgan fingerprint density at radius 2 is 0.664 bits per heavy atom. The maximum atomic E-state index is 11.6. The Bertz CT molecular complexity index is 6590. The second kappa shape index (κ2) is 47.1. The van der Waals surface area contributed by atoms with Gasteiger partial charge in [-0.15, -0.1) is 0 Å². The number of benzene rings is 14. The van der Waals surface area contributed by atoms with Crippen molar-refractivity contribution in [3.05, 3.63) is 374 Å². The van der Waals surface area contributed by atoms with Crippen LogP contribution in [0.5, 0.6) is 28.7 Å². The molecule has 0 aliphatic rings. The predicted octanol–water partition coefficient (Wildman–Crippen LogP) is 32.9. The zero-order chi connectivity index (χ0) is 102. The summed E-state index contributed by atoms with van der Waals surface area (Å²) in [7, 11) is -0.759. The van der Waals surface area contributed by atoms with Crippen molar-refractivity contribution in [1.29, 1.82) is 0 Å². The van der Waals surface area contributed by atoms with Gasteiger partial charge in [0.15, 0.2) is 6.29 Å². The molecular weight excluding hydrogens is 1730 g/mol. The van der Waals surface area contributed by atoms with Gasteiger partial charge < -0.3 is 35.3 Å². The van der Waals surface area contributed by atoms with E-state index >= 15 is 0 Å². The van der Waals surface area contributed by atoms with Crippen LogP contribution < -0.4 is 25.7 Å². The molecule has 14 aromatic carbocycles. The number of hydrogen-bond donors (Lipinski definition) is 5. The van der Waals surface area contributed by atoms with Crippen molar-refractivity contribution in [3.63, 3.8) is 0 Å². The number of aromatic hydroxyl groups is 5. The molecule has 0 spiro atoms. The number of para-hydroxylation sites is 4. The molecule has 0 unspecified atom stereocenters. The summed E-state index contributed by atoms with van der Waals surface area (Å²) in [5.41, 5.74) is 21.6. The molecule has 0 saturated heterocycles. The average Bonchev–Trinajstić information content (AvgIpc) is 0.759. The minimum absolute atomic E-state index is 0. The monoisotopic (exact) mass is 1890 g/mol. The molecule has 0 aromatic heterocycles. The van der Waals surface area contributed by atoms with Crippen molar-refractivity contribution in [2.24, 2.45) is 15.0 Å². The van der Waals surface area contributed by atoms with Gasteiger partial charge in [-0.2, -0.15) is 0 Å². The molecule has 736 valence electrons. The van der Waals surface area contributed by atoms with Gasteiger partial charge in [-0.3, -0.25) is 19.8 Å². The maximum Gasteiger partial charge on any atom is 0.152 e. The summed E-state index contributed by atoms with van der Waals surface area (Å²) in [4.78, 5) is 30.4. The fraction of sp³-hybridized carbons (Fsp3) is 0.344. The number of anilines is 2. The summed E-state index contributed by atoms with van der Waals surface area (Å²) in [5, 5.41) is 62.7.